The van der Waals surface area contributed by atoms with Crippen molar-refractivity contribution in [2.75, 3.05) is 30.4 Å². The van der Waals surface area contributed by atoms with E-state index in [2.05, 4.69) is 18.7 Å². The standard InChI is InChI=1S/C14H22N2O2/c1-11(2)16(10-9-14(17)18)13-7-5-12(6-8-13)15(3)4/h5-8,11H,9-10H2,1-4H3,(H,17,18). The molecule has 0 atom stereocenters. The number of benzene rings is 1. The molecule has 4 heteroatoms. The van der Waals surface area contributed by atoms with Crippen LogP contribution < -0.4 is 9.80 Å². The first-order valence-corrected chi connectivity index (χ1v) is 6.17. The topological polar surface area (TPSA) is 43.8 Å². The zero-order valence-corrected chi connectivity index (χ0v) is 11.6. The molecule has 0 amide bonds. The summed E-state index contributed by atoms with van der Waals surface area (Å²) in [5.74, 6) is -0.759. The van der Waals surface area contributed by atoms with Crippen molar-refractivity contribution in [3.05, 3.63) is 24.3 Å². The van der Waals surface area contributed by atoms with Crippen LogP contribution in [0.2, 0.25) is 0 Å². The highest BCUT2D eigenvalue weighted by molar-refractivity contribution is 5.68. The summed E-state index contributed by atoms with van der Waals surface area (Å²) in [5.41, 5.74) is 2.21. The third-order valence-corrected chi connectivity index (χ3v) is 2.89. The molecule has 0 unspecified atom stereocenters. The summed E-state index contributed by atoms with van der Waals surface area (Å²) in [5, 5.41) is 8.77. The van der Waals surface area contributed by atoms with Crippen LogP contribution in [0.15, 0.2) is 24.3 Å². The van der Waals surface area contributed by atoms with Gasteiger partial charge in [-0.25, -0.2) is 0 Å². The number of hydrogen-bond donors (Lipinski definition) is 1. The van der Waals surface area contributed by atoms with Crippen molar-refractivity contribution in [2.24, 2.45) is 0 Å². The number of rotatable bonds is 6. The molecular weight excluding hydrogens is 228 g/mol. The maximum Gasteiger partial charge on any atom is 0.305 e. The van der Waals surface area contributed by atoms with E-state index >= 15 is 0 Å². The molecule has 18 heavy (non-hydrogen) atoms. The molecule has 0 radical (unpaired) electrons. The van der Waals surface area contributed by atoms with Gasteiger partial charge in [0.2, 0.25) is 0 Å². The van der Waals surface area contributed by atoms with E-state index < -0.39 is 5.97 Å². The molecule has 1 aromatic carbocycles. The molecule has 1 N–H and O–H groups in total. The maximum atomic E-state index is 10.7. The third kappa shape index (κ3) is 3.95. The van der Waals surface area contributed by atoms with E-state index in [0.29, 0.717) is 6.54 Å². The van der Waals surface area contributed by atoms with E-state index in [9.17, 15) is 4.79 Å². The predicted molar refractivity (Wildman–Crippen MR) is 75.5 cm³/mol. The predicted octanol–water partition coefficient (Wildman–Crippen LogP) is 2.44. The van der Waals surface area contributed by atoms with Crippen LogP contribution in [0.1, 0.15) is 20.3 Å². The van der Waals surface area contributed by atoms with Gasteiger partial charge in [-0.05, 0) is 38.1 Å². The molecule has 4 nitrogen and oxygen atoms in total. The second-order valence-corrected chi connectivity index (χ2v) is 4.84. The van der Waals surface area contributed by atoms with E-state index in [1.807, 2.05) is 43.3 Å². The highest BCUT2D eigenvalue weighted by Gasteiger charge is 2.12. The highest BCUT2D eigenvalue weighted by atomic mass is 16.4. The van der Waals surface area contributed by atoms with Crippen molar-refractivity contribution in [3.8, 4) is 0 Å². The van der Waals surface area contributed by atoms with Gasteiger partial charge in [0.1, 0.15) is 0 Å². The normalized spacial score (nSPS) is 10.5. The molecule has 0 saturated heterocycles. The Balaban J connectivity index is 2.82. The fourth-order valence-electron chi connectivity index (χ4n) is 1.84. The van der Waals surface area contributed by atoms with E-state index in [1.54, 1.807) is 0 Å². The zero-order chi connectivity index (χ0) is 13.7. The molecule has 0 heterocycles. The van der Waals surface area contributed by atoms with Crippen molar-refractivity contribution in [1.82, 2.24) is 0 Å². The minimum absolute atomic E-state index is 0.160. The Kier molecular flexibility index (Phi) is 5.01. The fourth-order valence-corrected chi connectivity index (χ4v) is 1.84. The van der Waals surface area contributed by atoms with Gasteiger partial charge in [0.25, 0.3) is 0 Å². The Morgan fingerprint density at radius 3 is 2.06 bits per heavy atom. The minimum Gasteiger partial charge on any atom is -0.481 e. The summed E-state index contributed by atoms with van der Waals surface area (Å²) in [6.07, 6.45) is 0.160. The summed E-state index contributed by atoms with van der Waals surface area (Å²) >= 11 is 0. The summed E-state index contributed by atoms with van der Waals surface area (Å²) < 4.78 is 0. The molecule has 1 aromatic rings. The van der Waals surface area contributed by atoms with Crippen molar-refractivity contribution >= 4 is 17.3 Å². The van der Waals surface area contributed by atoms with Crippen molar-refractivity contribution in [2.45, 2.75) is 26.3 Å². The van der Waals surface area contributed by atoms with Crippen LogP contribution in [0.5, 0.6) is 0 Å². The van der Waals surface area contributed by atoms with E-state index in [1.165, 1.54) is 0 Å². The summed E-state index contributed by atoms with van der Waals surface area (Å²) in [4.78, 5) is 14.8. The Hall–Kier alpha value is -1.71. The lowest BCUT2D eigenvalue weighted by Gasteiger charge is -2.29. The van der Waals surface area contributed by atoms with Gasteiger partial charge in [-0.2, -0.15) is 0 Å². The Labute approximate surface area is 109 Å². The number of anilines is 2. The second-order valence-electron chi connectivity index (χ2n) is 4.84. The van der Waals surface area contributed by atoms with Crippen molar-refractivity contribution in [3.63, 3.8) is 0 Å². The van der Waals surface area contributed by atoms with Gasteiger partial charge in [-0.15, -0.1) is 0 Å². The number of carboxylic acid groups (broad SMARTS) is 1. The van der Waals surface area contributed by atoms with Crippen LogP contribution >= 0.6 is 0 Å². The van der Waals surface area contributed by atoms with Crippen LogP contribution in [0, 0.1) is 0 Å². The summed E-state index contributed by atoms with van der Waals surface area (Å²) in [6, 6.07) is 8.46. The molecular formula is C14H22N2O2. The van der Waals surface area contributed by atoms with Crippen LogP contribution in [0.4, 0.5) is 11.4 Å². The second kappa shape index (κ2) is 6.28. The molecule has 0 spiro atoms. The maximum absolute atomic E-state index is 10.7. The molecule has 0 saturated carbocycles. The molecule has 0 bridgehead atoms. The van der Waals surface area contributed by atoms with Gasteiger partial charge in [0, 0.05) is 38.1 Å². The molecule has 1 rings (SSSR count). The number of carboxylic acids is 1. The molecule has 0 fully saturated rings. The fraction of sp³-hybridized carbons (Fsp3) is 0.500. The molecule has 0 aliphatic carbocycles. The Morgan fingerprint density at radius 2 is 1.67 bits per heavy atom. The quantitative estimate of drug-likeness (QED) is 0.842. The highest BCUT2D eigenvalue weighted by Crippen LogP contribution is 2.21. The van der Waals surface area contributed by atoms with Crippen LogP contribution in [-0.2, 0) is 4.79 Å². The van der Waals surface area contributed by atoms with Crippen LogP contribution in [0.3, 0.4) is 0 Å². The smallest absolute Gasteiger partial charge is 0.305 e. The Morgan fingerprint density at radius 1 is 1.17 bits per heavy atom. The van der Waals surface area contributed by atoms with E-state index in [0.717, 1.165) is 11.4 Å². The van der Waals surface area contributed by atoms with E-state index in [-0.39, 0.29) is 12.5 Å². The van der Waals surface area contributed by atoms with Gasteiger partial charge < -0.3 is 14.9 Å². The Bertz CT molecular complexity index is 385. The number of carbonyl (C=O) groups is 1. The lowest BCUT2D eigenvalue weighted by molar-refractivity contribution is -0.136. The first kappa shape index (κ1) is 14.4. The van der Waals surface area contributed by atoms with Gasteiger partial charge in [-0.1, -0.05) is 0 Å². The third-order valence-electron chi connectivity index (χ3n) is 2.89. The lowest BCUT2D eigenvalue weighted by atomic mass is 10.2. The van der Waals surface area contributed by atoms with Gasteiger partial charge >= 0.3 is 5.97 Å². The largest absolute Gasteiger partial charge is 0.481 e. The number of nitrogens with zero attached hydrogens (tertiary/aromatic N) is 2. The zero-order valence-electron chi connectivity index (χ0n) is 11.6. The molecule has 0 aliphatic rings. The monoisotopic (exact) mass is 250 g/mol. The molecule has 0 aliphatic heterocycles. The van der Waals surface area contributed by atoms with Gasteiger partial charge in [0.15, 0.2) is 0 Å². The summed E-state index contributed by atoms with van der Waals surface area (Å²) in [7, 11) is 4.00. The van der Waals surface area contributed by atoms with Crippen molar-refractivity contribution < 1.29 is 9.90 Å². The SMILES string of the molecule is CC(C)N(CCC(=O)O)c1ccc(N(C)C)cc1. The summed E-state index contributed by atoms with van der Waals surface area (Å²) in [6.45, 7) is 4.68. The number of aliphatic carboxylic acids is 1. The molecule has 100 valence electrons. The number of hydrogen-bond acceptors (Lipinski definition) is 3. The average Bonchev–Trinajstić information content (AvgIpc) is 2.29. The minimum atomic E-state index is -0.759. The van der Waals surface area contributed by atoms with Crippen LogP contribution in [0.25, 0.3) is 0 Å². The average molecular weight is 250 g/mol. The van der Waals surface area contributed by atoms with Crippen molar-refractivity contribution in [1.29, 1.82) is 0 Å². The first-order chi connectivity index (χ1) is 8.41. The lowest BCUT2D eigenvalue weighted by Crippen LogP contribution is -2.32. The van der Waals surface area contributed by atoms with Gasteiger partial charge in [-0.3, -0.25) is 4.79 Å². The van der Waals surface area contributed by atoms with Crippen LogP contribution in [-0.4, -0.2) is 37.8 Å². The molecule has 0 aromatic heterocycles. The first-order valence-electron chi connectivity index (χ1n) is 6.17. The van der Waals surface area contributed by atoms with Gasteiger partial charge in [0.05, 0.1) is 6.42 Å². The van der Waals surface area contributed by atoms with E-state index in [4.69, 9.17) is 5.11 Å².